The first-order chi connectivity index (χ1) is 13.7. The number of benzene rings is 1. The number of carbonyl (C=O) groups excluding carboxylic acids is 1. The smallest absolute Gasteiger partial charge is 0.230 e. The van der Waals surface area contributed by atoms with Crippen molar-refractivity contribution in [2.24, 2.45) is 5.92 Å². The summed E-state index contributed by atoms with van der Waals surface area (Å²) in [6.45, 7) is 2.41. The van der Waals surface area contributed by atoms with Crippen LogP contribution in [0.2, 0.25) is 0 Å². The van der Waals surface area contributed by atoms with Gasteiger partial charge < -0.3 is 15.5 Å². The summed E-state index contributed by atoms with van der Waals surface area (Å²) >= 11 is 0. The lowest BCUT2D eigenvalue weighted by Gasteiger charge is -2.37. The van der Waals surface area contributed by atoms with Crippen molar-refractivity contribution in [3.8, 4) is 0 Å². The molecule has 3 aromatic rings. The van der Waals surface area contributed by atoms with Gasteiger partial charge in [-0.3, -0.25) is 4.79 Å². The minimum absolute atomic E-state index is 0.0438. The van der Waals surface area contributed by atoms with Crippen LogP contribution in [0.25, 0.3) is 5.65 Å². The van der Waals surface area contributed by atoms with Gasteiger partial charge in [-0.2, -0.15) is 4.52 Å². The van der Waals surface area contributed by atoms with Crippen LogP contribution in [0.3, 0.4) is 0 Å². The molecule has 4 heterocycles. The Labute approximate surface area is 162 Å². The van der Waals surface area contributed by atoms with Gasteiger partial charge in [-0.15, -0.1) is 15.3 Å². The molecule has 1 aromatic carbocycles. The first-order valence-corrected chi connectivity index (χ1v) is 9.81. The molecule has 2 aliphatic heterocycles. The second-order valence-electron chi connectivity index (χ2n) is 7.52. The average molecular weight is 377 g/mol. The summed E-state index contributed by atoms with van der Waals surface area (Å²) in [6.07, 6.45) is 5.18. The maximum Gasteiger partial charge on any atom is 0.230 e. The van der Waals surface area contributed by atoms with Gasteiger partial charge in [0.05, 0.1) is 0 Å². The Morgan fingerprint density at radius 2 is 1.96 bits per heavy atom. The van der Waals surface area contributed by atoms with Gasteiger partial charge in [-0.05, 0) is 55.5 Å². The predicted molar refractivity (Wildman–Crippen MR) is 107 cm³/mol. The molecule has 28 heavy (non-hydrogen) atoms. The number of carbonyl (C=O) groups is 1. The fourth-order valence-corrected chi connectivity index (χ4v) is 4.34. The number of piperidine rings is 1. The van der Waals surface area contributed by atoms with Gasteiger partial charge in [0.1, 0.15) is 12.1 Å². The van der Waals surface area contributed by atoms with Crippen LogP contribution >= 0.6 is 0 Å². The van der Waals surface area contributed by atoms with Crippen LogP contribution in [0.5, 0.6) is 0 Å². The van der Waals surface area contributed by atoms with Crippen molar-refractivity contribution in [1.29, 1.82) is 0 Å². The molecular weight excluding hydrogens is 354 g/mol. The van der Waals surface area contributed by atoms with Crippen LogP contribution in [0.1, 0.15) is 24.8 Å². The van der Waals surface area contributed by atoms with Crippen molar-refractivity contribution in [2.45, 2.75) is 25.7 Å². The van der Waals surface area contributed by atoms with E-state index in [1.54, 1.807) is 10.8 Å². The molecule has 0 saturated carbocycles. The zero-order chi connectivity index (χ0) is 19.1. The molecule has 5 rings (SSSR count). The zero-order valence-corrected chi connectivity index (χ0v) is 15.7. The molecule has 2 N–H and O–H groups in total. The van der Waals surface area contributed by atoms with E-state index in [-0.39, 0.29) is 11.8 Å². The van der Waals surface area contributed by atoms with E-state index in [0.717, 1.165) is 73.7 Å². The first kappa shape index (κ1) is 17.0. The minimum atomic E-state index is 0.0438. The molecule has 144 valence electrons. The highest BCUT2D eigenvalue weighted by Crippen LogP contribution is 2.33. The van der Waals surface area contributed by atoms with Crippen LogP contribution in [-0.2, 0) is 11.2 Å². The highest BCUT2D eigenvalue weighted by molar-refractivity contribution is 5.97. The molecule has 2 aliphatic rings. The van der Waals surface area contributed by atoms with Crippen LogP contribution in [0.4, 0.5) is 17.2 Å². The highest BCUT2D eigenvalue weighted by Gasteiger charge is 2.32. The Morgan fingerprint density at radius 1 is 1.11 bits per heavy atom. The number of nitrogens with zero attached hydrogens (tertiary/aromatic N) is 6. The Hall–Kier alpha value is -3.16. The third-order valence-corrected chi connectivity index (χ3v) is 5.87. The Morgan fingerprint density at radius 3 is 2.82 bits per heavy atom. The van der Waals surface area contributed by atoms with E-state index in [0.29, 0.717) is 0 Å². The molecule has 1 amide bonds. The number of anilines is 3. The van der Waals surface area contributed by atoms with Crippen LogP contribution in [0, 0.1) is 5.92 Å². The molecule has 0 bridgehead atoms. The fourth-order valence-electron chi connectivity index (χ4n) is 4.34. The molecule has 2 aromatic heterocycles. The lowest BCUT2D eigenvalue weighted by Crippen LogP contribution is -2.44. The van der Waals surface area contributed by atoms with Crippen molar-refractivity contribution in [3.05, 3.63) is 42.2 Å². The zero-order valence-electron chi connectivity index (χ0n) is 15.7. The molecule has 0 aliphatic carbocycles. The van der Waals surface area contributed by atoms with Gasteiger partial charge >= 0.3 is 0 Å². The van der Waals surface area contributed by atoms with Gasteiger partial charge in [-0.25, -0.2) is 0 Å². The van der Waals surface area contributed by atoms with E-state index < -0.39 is 0 Å². The topological polar surface area (TPSA) is 92.6 Å². The number of nitrogen functional groups attached to an aromatic ring is 1. The van der Waals surface area contributed by atoms with Crippen molar-refractivity contribution >= 4 is 28.7 Å². The third kappa shape index (κ3) is 2.85. The number of aromatic nitrogens is 4. The standard InChI is InChI=1S/C20H23N7O/c21-16-4-1-5-17-15(16)3-2-10-26(17)20(28)14-8-11-25(12-9-14)19-7-6-18-23-22-13-27(18)24-19/h1,4-7,13-14H,2-3,8-12,21H2. The van der Waals surface area contributed by atoms with Gasteiger partial charge in [0.2, 0.25) is 5.91 Å². The number of hydrogen-bond acceptors (Lipinski definition) is 6. The van der Waals surface area contributed by atoms with Crippen molar-refractivity contribution in [1.82, 2.24) is 19.8 Å². The third-order valence-electron chi connectivity index (χ3n) is 5.87. The SMILES string of the molecule is Nc1cccc2c1CCCN2C(=O)C1CCN(c2ccc3nncn3n2)CC1. The van der Waals surface area contributed by atoms with E-state index in [4.69, 9.17) is 5.73 Å². The molecule has 1 saturated heterocycles. The van der Waals surface area contributed by atoms with E-state index >= 15 is 0 Å². The summed E-state index contributed by atoms with van der Waals surface area (Å²) < 4.78 is 1.68. The van der Waals surface area contributed by atoms with E-state index in [1.807, 2.05) is 35.2 Å². The summed E-state index contributed by atoms with van der Waals surface area (Å²) in [5.74, 6) is 1.17. The Bertz CT molecular complexity index is 1020. The van der Waals surface area contributed by atoms with Crippen molar-refractivity contribution in [3.63, 3.8) is 0 Å². The molecule has 0 radical (unpaired) electrons. The van der Waals surface area contributed by atoms with E-state index in [2.05, 4.69) is 20.2 Å². The lowest BCUT2D eigenvalue weighted by molar-refractivity contribution is -0.123. The Balaban J connectivity index is 1.29. The maximum atomic E-state index is 13.2. The molecule has 0 atom stereocenters. The monoisotopic (exact) mass is 377 g/mol. The number of nitrogens with two attached hydrogens (primary N) is 1. The predicted octanol–water partition coefficient (Wildman–Crippen LogP) is 1.90. The summed E-state index contributed by atoms with van der Waals surface area (Å²) in [5.41, 5.74) is 9.77. The molecule has 8 heteroatoms. The van der Waals surface area contributed by atoms with Gasteiger partial charge in [0.15, 0.2) is 5.65 Å². The first-order valence-electron chi connectivity index (χ1n) is 9.81. The van der Waals surface area contributed by atoms with Gasteiger partial charge in [0.25, 0.3) is 0 Å². The molecular formula is C20H23N7O. The number of amides is 1. The Kier molecular flexibility index (Phi) is 4.11. The van der Waals surface area contributed by atoms with Crippen molar-refractivity contribution in [2.75, 3.05) is 35.2 Å². The lowest BCUT2D eigenvalue weighted by atomic mass is 9.92. The van der Waals surface area contributed by atoms with Crippen LogP contribution in [0.15, 0.2) is 36.7 Å². The average Bonchev–Trinajstić information content (AvgIpc) is 3.21. The van der Waals surface area contributed by atoms with E-state index in [9.17, 15) is 4.79 Å². The summed E-state index contributed by atoms with van der Waals surface area (Å²) in [6, 6.07) is 9.77. The summed E-state index contributed by atoms with van der Waals surface area (Å²) in [5, 5.41) is 12.4. The van der Waals surface area contributed by atoms with Crippen molar-refractivity contribution < 1.29 is 4.79 Å². The highest BCUT2D eigenvalue weighted by atomic mass is 16.2. The largest absolute Gasteiger partial charge is 0.398 e. The number of fused-ring (bicyclic) bond motifs is 2. The van der Waals surface area contributed by atoms with E-state index in [1.165, 1.54) is 0 Å². The second kappa shape index (κ2) is 6.78. The normalized spacial score (nSPS) is 17.7. The van der Waals surface area contributed by atoms with Gasteiger partial charge in [0, 0.05) is 36.9 Å². The quantitative estimate of drug-likeness (QED) is 0.686. The van der Waals surface area contributed by atoms with Crippen LogP contribution in [-0.4, -0.2) is 45.4 Å². The van der Waals surface area contributed by atoms with Gasteiger partial charge in [-0.1, -0.05) is 6.07 Å². The molecule has 1 fully saturated rings. The molecule has 0 unspecified atom stereocenters. The second-order valence-corrected chi connectivity index (χ2v) is 7.52. The molecule has 0 spiro atoms. The summed E-state index contributed by atoms with van der Waals surface area (Å²) in [7, 11) is 0. The summed E-state index contributed by atoms with van der Waals surface area (Å²) in [4.78, 5) is 17.4. The number of hydrogen-bond donors (Lipinski definition) is 1. The van der Waals surface area contributed by atoms with Crippen LogP contribution < -0.4 is 15.5 Å². The molecule has 8 nitrogen and oxygen atoms in total. The maximum absolute atomic E-state index is 13.2. The number of rotatable bonds is 2. The fraction of sp³-hybridized carbons (Fsp3) is 0.400. The minimum Gasteiger partial charge on any atom is -0.398 e.